The monoisotopic (exact) mass is 267 g/mol. The zero-order chi connectivity index (χ0) is 13.9. The molecule has 2 atom stereocenters. The van der Waals surface area contributed by atoms with Crippen molar-refractivity contribution in [2.45, 2.75) is 31.8 Å². The number of anilines is 1. The highest BCUT2D eigenvalue weighted by molar-refractivity contribution is 5.40. The van der Waals surface area contributed by atoms with Gasteiger partial charge in [-0.3, -0.25) is 9.88 Å². The first-order valence-corrected chi connectivity index (χ1v) is 7.27. The summed E-state index contributed by atoms with van der Waals surface area (Å²) in [4.78, 5) is 6.84. The zero-order valence-electron chi connectivity index (χ0n) is 11.9. The topological polar surface area (TPSA) is 42.1 Å². The van der Waals surface area contributed by atoms with Crippen LogP contribution in [0.15, 0.2) is 48.8 Å². The standard InChI is InChI=1S/C17H21N3/c1-13(14-6-8-16(18)9-7-14)20-11-3-5-17(20)15-4-2-10-19-12-15/h2,4,6-10,12-13,17H,3,5,11,18H2,1H3. The smallest absolute Gasteiger partial charge is 0.0369 e. The van der Waals surface area contributed by atoms with Crippen LogP contribution in [-0.4, -0.2) is 16.4 Å². The average Bonchev–Trinajstić information content (AvgIpc) is 2.97. The van der Waals surface area contributed by atoms with Crippen molar-refractivity contribution < 1.29 is 0 Å². The molecular formula is C17H21N3. The van der Waals surface area contributed by atoms with E-state index in [2.05, 4.69) is 35.0 Å². The predicted molar refractivity (Wildman–Crippen MR) is 82.2 cm³/mol. The van der Waals surface area contributed by atoms with E-state index in [9.17, 15) is 0 Å². The van der Waals surface area contributed by atoms with Gasteiger partial charge in [0.15, 0.2) is 0 Å². The van der Waals surface area contributed by atoms with Crippen molar-refractivity contribution in [3.63, 3.8) is 0 Å². The highest BCUT2D eigenvalue weighted by Gasteiger charge is 2.30. The summed E-state index contributed by atoms with van der Waals surface area (Å²) >= 11 is 0. The second-order valence-corrected chi connectivity index (χ2v) is 5.52. The molecule has 3 rings (SSSR count). The van der Waals surface area contributed by atoms with E-state index in [1.807, 2.05) is 30.6 Å². The molecule has 2 aromatic rings. The Morgan fingerprint density at radius 2 is 2.05 bits per heavy atom. The highest BCUT2D eigenvalue weighted by Crippen LogP contribution is 2.38. The van der Waals surface area contributed by atoms with Crippen molar-refractivity contribution in [3.8, 4) is 0 Å². The van der Waals surface area contributed by atoms with Gasteiger partial charge < -0.3 is 5.73 Å². The molecule has 0 bridgehead atoms. The maximum atomic E-state index is 5.78. The molecule has 3 nitrogen and oxygen atoms in total. The van der Waals surface area contributed by atoms with Gasteiger partial charge in [0, 0.05) is 30.2 Å². The Bertz CT molecular complexity index is 550. The molecule has 0 saturated carbocycles. The lowest BCUT2D eigenvalue weighted by Crippen LogP contribution is -2.26. The van der Waals surface area contributed by atoms with Gasteiger partial charge in [-0.05, 0) is 55.6 Å². The van der Waals surface area contributed by atoms with Crippen LogP contribution in [0.5, 0.6) is 0 Å². The Labute approximate surface area is 120 Å². The van der Waals surface area contributed by atoms with Gasteiger partial charge >= 0.3 is 0 Å². The third-order valence-corrected chi connectivity index (χ3v) is 4.28. The van der Waals surface area contributed by atoms with Crippen molar-refractivity contribution in [1.82, 2.24) is 9.88 Å². The van der Waals surface area contributed by atoms with Crippen LogP contribution in [0.4, 0.5) is 5.69 Å². The lowest BCUT2D eigenvalue weighted by atomic mass is 10.0. The quantitative estimate of drug-likeness (QED) is 0.865. The predicted octanol–water partition coefficient (Wildman–Crippen LogP) is 3.56. The molecule has 0 aliphatic carbocycles. The van der Waals surface area contributed by atoms with E-state index in [-0.39, 0.29) is 0 Å². The second-order valence-electron chi connectivity index (χ2n) is 5.52. The van der Waals surface area contributed by atoms with Gasteiger partial charge in [-0.1, -0.05) is 18.2 Å². The van der Waals surface area contributed by atoms with Gasteiger partial charge in [0.1, 0.15) is 0 Å². The van der Waals surface area contributed by atoms with Gasteiger partial charge in [-0.2, -0.15) is 0 Å². The van der Waals surface area contributed by atoms with Crippen LogP contribution >= 0.6 is 0 Å². The molecule has 1 aliphatic rings. The van der Waals surface area contributed by atoms with E-state index in [0.29, 0.717) is 12.1 Å². The number of nitrogens with zero attached hydrogens (tertiary/aromatic N) is 2. The van der Waals surface area contributed by atoms with Crippen LogP contribution in [0, 0.1) is 0 Å². The number of nitrogen functional groups attached to an aromatic ring is 1. The summed E-state index contributed by atoms with van der Waals surface area (Å²) in [6.45, 7) is 3.42. The summed E-state index contributed by atoms with van der Waals surface area (Å²) in [6.07, 6.45) is 6.30. The van der Waals surface area contributed by atoms with E-state index in [1.165, 1.54) is 24.0 Å². The summed E-state index contributed by atoms with van der Waals surface area (Å²) in [6, 6.07) is 13.4. The SMILES string of the molecule is CC(c1ccc(N)cc1)N1CCCC1c1cccnc1. The molecule has 1 aromatic carbocycles. The van der Waals surface area contributed by atoms with E-state index in [1.54, 1.807) is 0 Å². The molecule has 1 aliphatic heterocycles. The summed E-state index contributed by atoms with van der Waals surface area (Å²) in [5.41, 5.74) is 9.26. The number of pyridine rings is 1. The van der Waals surface area contributed by atoms with Crippen LogP contribution in [0.3, 0.4) is 0 Å². The summed E-state index contributed by atoms with van der Waals surface area (Å²) in [7, 11) is 0. The Morgan fingerprint density at radius 3 is 2.75 bits per heavy atom. The summed E-state index contributed by atoms with van der Waals surface area (Å²) < 4.78 is 0. The largest absolute Gasteiger partial charge is 0.399 e. The van der Waals surface area contributed by atoms with Crippen LogP contribution in [0.25, 0.3) is 0 Å². The number of benzene rings is 1. The molecular weight excluding hydrogens is 246 g/mol. The molecule has 0 amide bonds. The Hall–Kier alpha value is -1.87. The third kappa shape index (κ3) is 2.54. The molecule has 20 heavy (non-hydrogen) atoms. The average molecular weight is 267 g/mol. The molecule has 1 fully saturated rings. The Morgan fingerprint density at radius 1 is 1.25 bits per heavy atom. The number of rotatable bonds is 3. The van der Waals surface area contributed by atoms with E-state index in [4.69, 9.17) is 5.73 Å². The van der Waals surface area contributed by atoms with Crippen LogP contribution in [0.2, 0.25) is 0 Å². The number of hydrogen-bond acceptors (Lipinski definition) is 3. The van der Waals surface area contributed by atoms with Crippen molar-refractivity contribution in [2.75, 3.05) is 12.3 Å². The van der Waals surface area contributed by atoms with Crippen molar-refractivity contribution in [2.24, 2.45) is 0 Å². The number of nitrogens with two attached hydrogens (primary N) is 1. The van der Waals surface area contributed by atoms with Gasteiger partial charge in [0.2, 0.25) is 0 Å². The molecule has 0 radical (unpaired) electrons. The molecule has 1 aromatic heterocycles. The van der Waals surface area contributed by atoms with Gasteiger partial charge in [-0.25, -0.2) is 0 Å². The fourth-order valence-corrected chi connectivity index (χ4v) is 3.15. The lowest BCUT2D eigenvalue weighted by Gasteiger charge is -2.31. The maximum Gasteiger partial charge on any atom is 0.0369 e. The van der Waals surface area contributed by atoms with Crippen molar-refractivity contribution in [3.05, 3.63) is 59.9 Å². The number of likely N-dealkylation sites (tertiary alicyclic amines) is 1. The Kier molecular flexibility index (Phi) is 3.70. The first kappa shape index (κ1) is 13.1. The van der Waals surface area contributed by atoms with Crippen LogP contribution in [-0.2, 0) is 0 Å². The minimum Gasteiger partial charge on any atom is -0.399 e. The minimum atomic E-state index is 0.406. The fourth-order valence-electron chi connectivity index (χ4n) is 3.15. The molecule has 1 saturated heterocycles. The van der Waals surface area contributed by atoms with Crippen LogP contribution < -0.4 is 5.73 Å². The van der Waals surface area contributed by atoms with E-state index >= 15 is 0 Å². The normalized spacial score (nSPS) is 20.9. The van der Waals surface area contributed by atoms with Gasteiger partial charge in [-0.15, -0.1) is 0 Å². The first-order chi connectivity index (χ1) is 9.75. The fraction of sp³-hybridized carbons (Fsp3) is 0.353. The zero-order valence-corrected chi connectivity index (χ0v) is 11.9. The second kappa shape index (κ2) is 5.63. The minimum absolute atomic E-state index is 0.406. The molecule has 2 heterocycles. The number of hydrogen-bond donors (Lipinski definition) is 1. The molecule has 0 spiro atoms. The first-order valence-electron chi connectivity index (χ1n) is 7.27. The molecule has 104 valence electrons. The highest BCUT2D eigenvalue weighted by atomic mass is 15.2. The van der Waals surface area contributed by atoms with E-state index in [0.717, 1.165) is 12.2 Å². The van der Waals surface area contributed by atoms with Crippen molar-refractivity contribution in [1.29, 1.82) is 0 Å². The lowest BCUT2D eigenvalue weighted by molar-refractivity contribution is 0.194. The maximum absolute atomic E-state index is 5.78. The van der Waals surface area contributed by atoms with Crippen molar-refractivity contribution >= 4 is 5.69 Å². The van der Waals surface area contributed by atoms with Gasteiger partial charge in [0.25, 0.3) is 0 Å². The summed E-state index contributed by atoms with van der Waals surface area (Å²) in [5, 5.41) is 0. The van der Waals surface area contributed by atoms with Gasteiger partial charge in [0.05, 0.1) is 0 Å². The Balaban J connectivity index is 1.83. The molecule has 2 N–H and O–H groups in total. The third-order valence-electron chi connectivity index (χ3n) is 4.28. The van der Waals surface area contributed by atoms with E-state index < -0.39 is 0 Å². The summed E-state index contributed by atoms with van der Waals surface area (Å²) in [5.74, 6) is 0. The molecule has 2 unspecified atom stereocenters. The van der Waals surface area contributed by atoms with Crippen LogP contribution in [0.1, 0.15) is 43.0 Å². The number of aromatic nitrogens is 1. The molecule has 3 heteroatoms.